The Kier molecular flexibility index (Phi) is 6.18. The van der Waals surface area contributed by atoms with Crippen molar-refractivity contribution in [2.24, 2.45) is 0 Å². The van der Waals surface area contributed by atoms with Crippen molar-refractivity contribution in [1.82, 2.24) is 5.32 Å². The van der Waals surface area contributed by atoms with E-state index in [4.69, 9.17) is 0 Å². The van der Waals surface area contributed by atoms with Crippen LogP contribution in [0.1, 0.15) is 45.4 Å². The Labute approximate surface area is 120 Å². The Morgan fingerprint density at radius 3 is 2.74 bits per heavy atom. The summed E-state index contributed by atoms with van der Waals surface area (Å²) in [6.07, 6.45) is 7.81. The van der Waals surface area contributed by atoms with Crippen molar-refractivity contribution < 1.29 is 4.39 Å². The average Bonchev–Trinajstić information content (AvgIpc) is 2.37. The molecule has 0 amide bonds. The van der Waals surface area contributed by atoms with Crippen LogP contribution in [0.3, 0.4) is 0 Å². The van der Waals surface area contributed by atoms with Crippen LogP contribution in [0, 0.1) is 5.82 Å². The summed E-state index contributed by atoms with van der Waals surface area (Å²) >= 11 is 1.85. The largest absolute Gasteiger partial charge is 0.313 e. The topological polar surface area (TPSA) is 12.0 Å². The lowest BCUT2D eigenvalue weighted by Gasteiger charge is -2.29. The molecule has 1 nitrogen and oxygen atoms in total. The van der Waals surface area contributed by atoms with E-state index in [1.54, 1.807) is 6.07 Å². The molecule has 2 rings (SSSR count). The van der Waals surface area contributed by atoms with Gasteiger partial charge in [-0.1, -0.05) is 38.7 Å². The van der Waals surface area contributed by atoms with Gasteiger partial charge in [0.05, 0.1) is 0 Å². The van der Waals surface area contributed by atoms with E-state index in [0.29, 0.717) is 11.3 Å². The second-order valence-corrected chi connectivity index (χ2v) is 6.58. The van der Waals surface area contributed by atoms with Gasteiger partial charge in [0.25, 0.3) is 0 Å². The van der Waals surface area contributed by atoms with Crippen molar-refractivity contribution in [3.63, 3.8) is 0 Å². The number of thioether (sulfide) groups is 1. The normalized spacial score (nSPS) is 24.7. The molecule has 0 bridgehead atoms. The highest BCUT2D eigenvalue weighted by Gasteiger charge is 2.23. The minimum absolute atomic E-state index is 0.129. The molecule has 3 heteroatoms. The van der Waals surface area contributed by atoms with Crippen LogP contribution in [-0.2, 0) is 0 Å². The Hall–Kier alpha value is -0.540. The van der Waals surface area contributed by atoms with Gasteiger partial charge in [0, 0.05) is 16.2 Å². The van der Waals surface area contributed by atoms with E-state index >= 15 is 0 Å². The minimum atomic E-state index is -0.129. The molecule has 1 N–H and O–H groups in total. The fraction of sp³-hybridized carbons (Fsp3) is 0.625. The molecule has 0 radical (unpaired) electrons. The maximum Gasteiger partial charge on any atom is 0.124 e. The van der Waals surface area contributed by atoms with E-state index in [0.717, 1.165) is 11.4 Å². The maximum atomic E-state index is 13.3. The van der Waals surface area contributed by atoms with Crippen molar-refractivity contribution in [2.75, 3.05) is 6.54 Å². The molecule has 2 atom stereocenters. The van der Waals surface area contributed by atoms with Crippen LogP contribution < -0.4 is 5.32 Å². The van der Waals surface area contributed by atoms with Crippen LogP contribution in [0.4, 0.5) is 4.39 Å². The van der Waals surface area contributed by atoms with E-state index < -0.39 is 0 Å². The summed E-state index contributed by atoms with van der Waals surface area (Å²) in [6, 6.07) is 7.58. The van der Waals surface area contributed by atoms with Crippen LogP contribution >= 0.6 is 11.8 Å². The standard InChI is InChI=1S/C16H24FNS/c1-2-18-15-10-5-3-4-6-11-16(15)19-14-9-7-8-13(17)12-14/h7-9,12,15-16,18H,2-6,10-11H2,1H3. The number of benzene rings is 1. The van der Waals surface area contributed by atoms with Gasteiger partial charge >= 0.3 is 0 Å². The highest BCUT2D eigenvalue weighted by Crippen LogP contribution is 2.32. The van der Waals surface area contributed by atoms with Crippen molar-refractivity contribution in [2.45, 2.75) is 61.6 Å². The van der Waals surface area contributed by atoms with Gasteiger partial charge < -0.3 is 5.32 Å². The summed E-state index contributed by atoms with van der Waals surface area (Å²) in [6.45, 7) is 3.19. The van der Waals surface area contributed by atoms with Crippen LogP contribution in [0.25, 0.3) is 0 Å². The monoisotopic (exact) mass is 281 g/mol. The summed E-state index contributed by atoms with van der Waals surface area (Å²) in [7, 11) is 0. The smallest absolute Gasteiger partial charge is 0.124 e. The summed E-state index contributed by atoms with van der Waals surface area (Å²) in [5.41, 5.74) is 0. The van der Waals surface area contributed by atoms with E-state index in [-0.39, 0.29) is 5.82 Å². The lowest BCUT2D eigenvalue weighted by molar-refractivity contribution is 0.406. The van der Waals surface area contributed by atoms with Gasteiger partial charge in [0.2, 0.25) is 0 Å². The molecule has 2 unspecified atom stereocenters. The van der Waals surface area contributed by atoms with Crippen molar-refractivity contribution >= 4 is 11.8 Å². The molecule has 19 heavy (non-hydrogen) atoms. The van der Waals surface area contributed by atoms with Gasteiger partial charge in [-0.2, -0.15) is 0 Å². The zero-order valence-electron chi connectivity index (χ0n) is 11.7. The molecule has 1 aromatic rings. The number of nitrogens with one attached hydrogen (secondary N) is 1. The molecule has 1 aromatic carbocycles. The number of hydrogen-bond donors (Lipinski definition) is 1. The van der Waals surface area contributed by atoms with Crippen molar-refractivity contribution in [1.29, 1.82) is 0 Å². The second-order valence-electron chi connectivity index (χ2n) is 5.27. The van der Waals surface area contributed by atoms with Gasteiger partial charge in [-0.15, -0.1) is 11.8 Å². The predicted molar refractivity (Wildman–Crippen MR) is 81.2 cm³/mol. The Bertz CT molecular complexity index is 383. The molecule has 0 saturated heterocycles. The molecule has 1 fully saturated rings. The molecule has 0 spiro atoms. The van der Waals surface area contributed by atoms with Crippen molar-refractivity contribution in [3.05, 3.63) is 30.1 Å². The van der Waals surface area contributed by atoms with Gasteiger partial charge in [-0.25, -0.2) is 4.39 Å². The third-order valence-corrected chi connectivity index (χ3v) is 5.15. The Morgan fingerprint density at radius 1 is 1.21 bits per heavy atom. The summed E-state index contributed by atoms with van der Waals surface area (Å²) in [5, 5.41) is 4.19. The molecule has 1 saturated carbocycles. The Balaban J connectivity index is 2.03. The summed E-state index contributed by atoms with van der Waals surface area (Å²) < 4.78 is 13.3. The quantitative estimate of drug-likeness (QED) is 0.864. The van der Waals surface area contributed by atoms with E-state index in [1.807, 2.05) is 23.9 Å². The first-order valence-corrected chi connectivity index (χ1v) is 8.33. The zero-order chi connectivity index (χ0) is 13.5. The van der Waals surface area contributed by atoms with Crippen LogP contribution in [0.5, 0.6) is 0 Å². The molecule has 0 aliphatic heterocycles. The lowest BCUT2D eigenvalue weighted by atomic mass is 9.96. The summed E-state index contributed by atoms with van der Waals surface area (Å²) in [5.74, 6) is -0.129. The summed E-state index contributed by atoms with van der Waals surface area (Å²) in [4.78, 5) is 1.06. The van der Waals surface area contributed by atoms with Gasteiger partial charge in [-0.3, -0.25) is 0 Å². The first-order valence-electron chi connectivity index (χ1n) is 7.45. The predicted octanol–water partition coefficient (Wildman–Crippen LogP) is 4.62. The van der Waals surface area contributed by atoms with E-state index in [9.17, 15) is 4.39 Å². The number of halogens is 1. The highest BCUT2D eigenvalue weighted by molar-refractivity contribution is 8.00. The van der Waals surface area contributed by atoms with Gasteiger partial charge in [0.1, 0.15) is 5.82 Å². The fourth-order valence-corrected chi connectivity index (χ4v) is 4.17. The molecular weight excluding hydrogens is 257 g/mol. The van der Waals surface area contributed by atoms with Crippen LogP contribution in [-0.4, -0.2) is 17.8 Å². The molecule has 106 valence electrons. The number of hydrogen-bond acceptors (Lipinski definition) is 2. The Morgan fingerprint density at radius 2 is 2.00 bits per heavy atom. The number of rotatable bonds is 4. The SMILES string of the molecule is CCNC1CCCCCCC1Sc1cccc(F)c1. The van der Waals surface area contributed by atoms with E-state index in [2.05, 4.69) is 12.2 Å². The maximum absolute atomic E-state index is 13.3. The zero-order valence-corrected chi connectivity index (χ0v) is 12.5. The first kappa shape index (κ1) is 14.9. The minimum Gasteiger partial charge on any atom is -0.313 e. The van der Waals surface area contributed by atoms with Gasteiger partial charge in [-0.05, 0) is 37.6 Å². The second kappa shape index (κ2) is 7.91. The third-order valence-electron chi connectivity index (χ3n) is 3.75. The van der Waals surface area contributed by atoms with Crippen LogP contribution in [0.2, 0.25) is 0 Å². The highest BCUT2D eigenvalue weighted by atomic mass is 32.2. The van der Waals surface area contributed by atoms with E-state index in [1.165, 1.54) is 44.6 Å². The first-order chi connectivity index (χ1) is 9.29. The van der Waals surface area contributed by atoms with Crippen LogP contribution in [0.15, 0.2) is 29.2 Å². The molecule has 0 aromatic heterocycles. The fourth-order valence-electron chi connectivity index (χ4n) is 2.80. The average molecular weight is 281 g/mol. The molecular formula is C16H24FNS. The van der Waals surface area contributed by atoms with Gasteiger partial charge in [0.15, 0.2) is 0 Å². The lowest BCUT2D eigenvalue weighted by Crippen LogP contribution is -2.38. The molecule has 1 aliphatic carbocycles. The molecule has 1 aliphatic rings. The van der Waals surface area contributed by atoms with Crippen molar-refractivity contribution in [3.8, 4) is 0 Å². The third kappa shape index (κ3) is 4.81. The molecule has 0 heterocycles.